The van der Waals surface area contributed by atoms with Gasteiger partial charge in [0.25, 0.3) is 0 Å². The summed E-state index contributed by atoms with van der Waals surface area (Å²) in [5.41, 5.74) is 1.75. The minimum Gasteiger partial charge on any atom is -0.494 e. The van der Waals surface area contributed by atoms with Crippen LogP contribution in [0.15, 0.2) is 54.6 Å². The van der Waals surface area contributed by atoms with Crippen LogP contribution >= 0.6 is 0 Å². The molecule has 1 fully saturated rings. The summed E-state index contributed by atoms with van der Waals surface area (Å²) in [6.45, 7) is 1.46. The summed E-state index contributed by atoms with van der Waals surface area (Å²) in [4.78, 5) is 2.28. The molecule has 2 bridgehead atoms. The monoisotopic (exact) mass is 414 g/mol. The van der Waals surface area contributed by atoms with Gasteiger partial charge in [0.05, 0.1) is 11.3 Å². The number of halogens is 3. The molecule has 0 amide bonds. The Hall–Kier alpha value is -2.93. The van der Waals surface area contributed by atoms with Crippen LogP contribution < -0.4 is 0 Å². The van der Waals surface area contributed by atoms with E-state index in [1.54, 1.807) is 0 Å². The molecule has 2 aromatic carbocycles. The first-order valence-electron chi connectivity index (χ1n) is 9.96. The third kappa shape index (κ3) is 2.96. The van der Waals surface area contributed by atoms with Crippen LogP contribution in [0.5, 0.6) is 11.8 Å². The Balaban J connectivity index is 1.57. The molecule has 2 N–H and O–H groups in total. The summed E-state index contributed by atoms with van der Waals surface area (Å²) in [5, 5.41) is 21.9. The molecule has 1 aliphatic carbocycles. The maximum absolute atomic E-state index is 13.2. The third-order valence-corrected chi connectivity index (χ3v) is 6.28. The highest BCUT2D eigenvalue weighted by molar-refractivity contribution is 5.58. The predicted octanol–water partition coefficient (Wildman–Crippen LogP) is 5.34. The fraction of sp³-hybridized carbons (Fsp3) is 0.304. The average Bonchev–Trinajstić information content (AvgIpc) is 3.01. The van der Waals surface area contributed by atoms with Gasteiger partial charge in [-0.2, -0.15) is 13.2 Å². The average molecular weight is 414 g/mol. The molecule has 0 saturated carbocycles. The molecule has 2 atom stereocenters. The molecule has 1 saturated heterocycles. The molecule has 156 valence electrons. The van der Waals surface area contributed by atoms with E-state index in [-0.39, 0.29) is 29.4 Å². The first kappa shape index (κ1) is 19.1. The second-order valence-electron chi connectivity index (χ2n) is 8.06. The number of fused-ring (bicyclic) bond motifs is 2. The lowest BCUT2D eigenvalue weighted by Crippen LogP contribution is -2.41. The summed E-state index contributed by atoms with van der Waals surface area (Å²) in [6.07, 6.45) is -2.79. The smallest absolute Gasteiger partial charge is 0.416 e. The molecule has 1 aromatic heterocycles. The van der Waals surface area contributed by atoms with Gasteiger partial charge in [-0.05, 0) is 36.6 Å². The Bertz CT molecular complexity index is 1090. The van der Waals surface area contributed by atoms with E-state index in [1.165, 1.54) is 12.1 Å². The minimum atomic E-state index is -4.50. The van der Waals surface area contributed by atoms with E-state index in [0.717, 1.165) is 48.2 Å². The van der Waals surface area contributed by atoms with Crippen LogP contribution in [0.25, 0.3) is 5.69 Å². The van der Waals surface area contributed by atoms with Crippen molar-refractivity contribution in [2.45, 2.75) is 37.5 Å². The summed E-state index contributed by atoms with van der Waals surface area (Å²) >= 11 is 0. The van der Waals surface area contributed by atoms with Gasteiger partial charge in [0.2, 0.25) is 11.8 Å². The van der Waals surface area contributed by atoms with Crippen molar-refractivity contribution < 1.29 is 23.4 Å². The number of benzene rings is 2. The lowest BCUT2D eigenvalue weighted by atomic mass is 9.76. The lowest BCUT2D eigenvalue weighted by Gasteiger charge is -2.45. The summed E-state index contributed by atoms with van der Waals surface area (Å²) in [7, 11) is 0. The van der Waals surface area contributed by atoms with Crippen molar-refractivity contribution in [1.82, 2.24) is 9.47 Å². The maximum Gasteiger partial charge on any atom is 0.416 e. The highest BCUT2D eigenvalue weighted by Crippen LogP contribution is 2.55. The molecule has 30 heavy (non-hydrogen) atoms. The summed E-state index contributed by atoms with van der Waals surface area (Å²) in [5.74, 6) is -0.295. The van der Waals surface area contributed by atoms with Gasteiger partial charge >= 0.3 is 6.18 Å². The molecule has 0 spiro atoms. The normalized spacial score (nSPS) is 21.0. The molecular formula is C23H21F3N2O2. The molecule has 0 radical (unpaired) electrons. The minimum absolute atomic E-state index is 0.0339. The number of alkyl halides is 3. The van der Waals surface area contributed by atoms with Crippen LogP contribution in [0.2, 0.25) is 0 Å². The quantitative estimate of drug-likeness (QED) is 0.608. The summed E-state index contributed by atoms with van der Waals surface area (Å²) < 4.78 is 40.6. The number of nitrogens with zero attached hydrogens (tertiary/aromatic N) is 2. The van der Waals surface area contributed by atoms with Crippen LogP contribution in [-0.2, 0) is 12.7 Å². The molecular weight excluding hydrogens is 393 g/mol. The van der Waals surface area contributed by atoms with Crippen LogP contribution in [-0.4, -0.2) is 26.2 Å². The van der Waals surface area contributed by atoms with E-state index in [2.05, 4.69) is 4.90 Å². The zero-order valence-electron chi connectivity index (χ0n) is 16.1. The topological polar surface area (TPSA) is 48.6 Å². The van der Waals surface area contributed by atoms with Crippen molar-refractivity contribution in [3.05, 3.63) is 76.9 Å². The fourth-order valence-electron chi connectivity index (χ4n) is 4.98. The van der Waals surface area contributed by atoms with Crippen LogP contribution in [0.3, 0.4) is 0 Å². The second kappa shape index (κ2) is 6.80. The van der Waals surface area contributed by atoms with Crippen LogP contribution in [0.1, 0.15) is 47.1 Å². The Morgan fingerprint density at radius 1 is 0.900 bits per heavy atom. The number of piperidine rings is 1. The van der Waals surface area contributed by atoms with Gasteiger partial charge in [-0.1, -0.05) is 36.4 Å². The number of rotatable bonds is 3. The van der Waals surface area contributed by atoms with Crippen molar-refractivity contribution in [2.24, 2.45) is 0 Å². The molecule has 1 unspecified atom stereocenters. The predicted molar refractivity (Wildman–Crippen MR) is 106 cm³/mol. The van der Waals surface area contributed by atoms with Gasteiger partial charge in [-0.15, -0.1) is 0 Å². The molecule has 7 heteroatoms. The van der Waals surface area contributed by atoms with Crippen molar-refractivity contribution in [2.75, 3.05) is 6.54 Å². The van der Waals surface area contributed by atoms with Crippen molar-refractivity contribution in [3.8, 4) is 17.4 Å². The number of aromatic nitrogens is 1. The van der Waals surface area contributed by atoms with Gasteiger partial charge < -0.3 is 10.2 Å². The largest absolute Gasteiger partial charge is 0.494 e. The number of aromatic hydroxyl groups is 2. The molecule has 4 nitrogen and oxygen atoms in total. The summed E-state index contributed by atoms with van der Waals surface area (Å²) in [6, 6.07) is 14.6. The Morgan fingerprint density at radius 3 is 2.37 bits per heavy atom. The van der Waals surface area contributed by atoms with Gasteiger partial charge in [-0.3, -0.25) is 9.47 Å². The van der Waals surface area contributed by atoms with E-state index >= 15 is 0 Å². The molecule has 3 aliphatic rings. The standard InChI is InChI=1S/C23H21F3N2O2/c24-23(25,26)16-7-4-8-17(11-16)28-21(29)19-15-9-10-18(20(19)22(28)30)27(13-15)12-14-5-2-1-3-6-14/h1-8,11,15,18,29-30H,9-10,12-13H2/t15?,18-/m1/s1. The van der Waals surface area contributed by atoms with E-state index in [9.17, 15) is 23.4 Å². The van der Waals surface area contributed by atoms with E-state index in [4.69, 9.17) is 0 Å². The Kier molecular flexibility index (Phi) is 4.32. The number of hydrogen-bond acceptors (Lipinski definition) is 3. The highest BCUT2D eigenvalue weighted by Gasteiger charge is 2.44. The third-order valence-electron chi connectivity index (χ3n) is 6.28. The van der Waals surface area contributed by atoms with Crippen LogP contribution in [0.4, 0.5) is 13.2 Å². The fourth-order valence-corrected chi connectivity index (χ4v) is 4.98. The molecule has 2 aliphatic heterocycles. The van der Waals surface area contributed by atoms with Gasteiger partial charge in [-0.25, -0.2) is 0 Å². The Labute approximate surface area is 171 Å². The number of hydrogen-bond donors (Lipinski definition) is 2. The van der Waals surface area contributed by atoms with E-state index < -0.39 is 11.7 Å². The highest BCUT2D eigenvalue weighted by atomic mass is 19.4. The molecule has 3 aromatic rings. The zero-order valence-corrected chi connectivity index (χ0v) is 16.1. The van der Waals surface area contributed by atoms with Crippen LogP contribution in [0, 0.1) is 0 Å². The molecule has 3 heterocycles. The Morgan fingerprint density at radius 2 is 1.63 bits per heavy atom. The second-order valence-corrected chi connectivity index (χ2v) is 8.06. The van der Waals surface area contributed by atoms with Gasteiger partial charge in [0, 0.05) is 36.2 Å². The van der Waals surface area contributed by atoms with E-state index in [1.807, 2.05) is 30.3 Å². The first-order valence-corrected chi connectivity index (χ1v) is 9.96. The van der Waals surface area contributed by atoms with Crippen molar-refractivity contribution >= 4 is 0 Å². The van der Waals surface area contributed by atoms with Crippen molar-refractivity contribution in [3.63, 3.8) is 0 Å². The van der Waals surface area contributed by atoms with Gasteiger partial charge in [0.1, 0.15) is 0 Å². The molecule has 6 rings (SSSR count). The zero-order chi connectivity index (χ0) is 21.0. The lowest BCUT2D eigenvalue weighted by molar-refractivity contribution is -0.137. The van der Waals surface area contributed by atoms with Gasteiger partial charge in [0.15, 0.2) is 0 Å². The maximum atomic E-state index is 13.2. The SMILES string of the molecule is Oc1c2c(c(O)n1-c1cccc(C(F)(F)F)c1)[C@H]1CCC2CN1Cc1ccccc1. The van der Waals surface area contributed by atoms with E-state index in [0.29, 0.717) is 11.1 Å². The first-order chi connectivity index (χ1) is 14.3. The van der Waals surface area contributed by atoms with Crippen molar-refractivity contribution in [1.29, 1.82) is 0 Å².